The Bertz CT molecular complexity index is 171. The van der Waals surface area contributed by atoms with Crippen molar-refractivity contribution in [3.8, 4) is 0 Å². The molecule has 0 N–H and O–H groups in total. The summed E-state index contributed by atoms with van der Waals surface area (Å²) >= 11 is 0. The van der Waals surface area contributed by atoms with Crippen molar-refractivity contribution in [3.63, 3.8) is 0 Å². The summed E-state index contributed by atoms with van der Waals surface area (Å²) in [4.78, 5) is 0. The molecule has 1 radical (unpaired) electrons. The van der Waals surface area contributed by atoms with E-state index in [1.807, 2.05) is 20.8 Å². The zero-order valence-corrected chi connectivity index (χ0v) is 12.6. The Labute approximate surface area is 113 Å². The molecule has 0 aromatic rings. The van der Waals surface area contributed by atoms with Crippen LogP contribution in [0.3, 0.4) is 0 Å². The first kappa shape index (κ1) is 17.9. The van der Waals surface area contributed by atoms with Crippen LogP contribution in [0, 0.1) is 6.92 Å². The molecule has 0 aromatic heterocycles. The van der Waals surface area contributed by atoms with E-state index in [2.05, 4.69) is 13.8 Å². The van der Waals surface area contributed by atoms with Gasteiger partial charge in [-0.25, -0.2) is 0 Å². The number of rotatable bonds is 12. The Kier molecular flexibility index (Phi) is 11.9. The summed E-state index contributed by atoms with van der Waals surface area (Å²) in [5.74, 6) is 0. The van der Waals surface area contributed by atoms with Crippen LogP contribution < -0.4 is 0 Å². The highest BCUT2D eigenvalue weighted by atomic mass is 16.6. The molecule has 3 atom stereocenters. The molecule has 0 amide bonds. The van der Waals surface area contributed by atoms with Gasteiger partial charge in [-0.3, -0.25) is 0 Å². The van der Waals surface area contributed by atoms with E-state index in [0.29, 0.717) is 13.2 Å². The van der Waals surface area contributed by atoms with Gasteiger partial charge in [0.2, 0.25) is 0 Å². The molecule has 0 saturated carbocycles. The van der Waals surface area contributed by atoms with Gasteiger partial charge >= 0.3 is 0 Å². The molecule has 0 heterocycles. The number of unbranched alkanes of at least 4 members (excludes halogenated alkanes) is 3. The van der Waals surface area contributed by atoms with Gasteiger partial charge in [-0.1, -0.05) is 26.2 Å². The Morgan fingerprint density at radius 3 is 2.28 bits per heavy atom. The van der Waals surface area contributed by atoms with E-state index >= 15 is 0 Å². The predicted octanol–water partition coefficient (Wildman–Crippen LogP) is 3.62. The molecule has 3 heteroatoms. The summed E-state index contributed by atoms with van der Waals surface area (Å²) < 4.78 is 16.7. The Morgan fingerprint density at radius 1 is 0.944 bits per heavy atom. The smallest absolute Gasteiger partial charge is 0.0784 e. The van der Waals surface area contributed by atoms with Gasteiger partial charge < -0.3 is 14.2 Å². The molecule has 0 aliphatic carbocycles. The van der Waals surface area contributed by atoms with E-state index in [1.165, 1.54) is 19.3 Å². The maximum absolute atomic E-state index is 5.65. The van der Waals surface area contributed by atoms with Crippen LogP contribution in [0.1, 0.15) is 53.4 Å². The molecule has 0 saturated heterocycles. The molecule has 0 rings (SSSR count). The van der Waals surface area contributed by atoms with Crippen molar-refractivity contribution in [2.24, 2.45) is 0 Å². The zero-order valence-electron chi connectivity index (χ0n) is 12.6. The fraction of sp³-hybridized carbons (Fsp3) is 0.933. The molecule has 0 aromatic carbocycles. The zero-order chi connectivity index (χ0) is 13.8. The summed E-state index contributed by atoms with van der Waals surface area (Å²) in [5.41, 5.74) is 0. The Balaban J connectivity index is 3.34. The van der Waals surface area contributed by atoms with E-state index in [0.717, 1.165) is 13.0 Å². The minimum Gasteiger partial charge on any atom is -0.379 e. The lowest BCUT2D eigenvalue weighted by Crippen LogP contribution is -2.25. The quantitative estimate of drug-likeness (QED) is 0.501. The highest BCUT2D eigenvalue weighted by Gasteiger charge is 2.08. The Morgan fingerprint density at radius 2 is 1.67 bits per heavy atom. The third kappa shape index (κ3) is 12.3. The topological polar surface area (TPSA) is 27.7 Å². The van der Waals surface area contributed by atoms with E-state index in [1.54, 1.807) is 0 Å². The van der Waals surface area contributed by atoms with Gasteiger partial charge in [0.05, 0.1) is 31.5 Å². The number of hydrogen-bond acceptors (Lipinski definition) is 3. The van der Waals surface area contributed by atoms with Crippen molar-refractivity contribution in [2.75, 3.05) is 19.8 Å². The average Bonchev–Trinajstić information content (AvgIpc) is 2.30. The van der Waals surface area contributed by atoms with Gasteiger partial charge in [-0.2, -0.15) is 0 Å². The fourth-order valence-corrected chi connectivity index (χ4v) is 1.66. The molecular weight excluding hydrogens is 228 g/mol. The first-order valence-electron chi connectivity index (χ1n) is 7.24. The molecule has 0 fully saturated rings. The molecular formula is C15H31O3. The third-order valence-corrected chi connectivity index (χ3v) is 2.57. The summed E-state index contributed by atoms with van der Waals surface area (Å²) in [6.07, 6.45) is 5.20. The second-order valence-corrected chi connectivity index (χ2v) is 5.04. The summed E-state index contributed by atoms with van der Waals surface area (Å²) in [5, 5.41) is 0. The number of hydrogen-bond donors (Lipinski definition) is 0. The second-order valence-electron chi connectivity index (χ2n) is 5.04. The molecule has 18 heavy (non-hydrogen) atoms. The van der Waals surface area contributed by atoms with Gasteiger partial charge in [-0.05, 0) is 34.1 Å². The van der Waals surface area contributed by atoms with Crippen molar-refractivity contribution in [1.82, 2.24) is 0 Å². The van der Waals surface area contributed by atoms with E-state index in [-0.39, 0.29) is 18.3 Å². The molecule has 3 unspecified atom stereocenters. The van der Waals surface area contributed by atoms with Crippen molar-refractivity contribution >= 4 is 0 Å². The standard InChI is InChI=1S/C15H31O3/c1-6-7-8-9-10-16-11-14(4)17-12-15(5)18-13(2)3/h13-15H,2,6-12H2,1,3-5H3. The van der Waals surface area contributed by atoms with Gasteiger partial charge in [0.1, 0.15) is 0 Å². The van der Waals surface area contributed by atoms with Crippen molar-refractivity contribution in [3.05, 3.63) is 6.92 Å². The lowest BCUT2D eigenvalue weighted by Gasteiger charge is -2.19. The highest BCUT2D eigenvalue weighted by Crippen LogP contribution is 2.02. The molecule has 3 nitrogen and oxygen atoms in total. The maximum atomic E-state index is 5.65. The van der Waals surface area contributed by atoms with Crippen molar-refractivity contribution < 1.29 is 14.2 Å². The molecule has 0 aliphatic rings. The van der Waals surface area contributed by atoms with Gasteiger partial charge in [-0.15, -0.1) is 0 Å². The summed E-state index contributed by atoms with van der Waals surface area (Å²) in [6.45, 7) is 14.1. The van der Waals surface area contributed by atoms with Crippen molar-refractivity contribution in [2.45, 2.75) is 71.7 Å². The predicted molar refractivity (Wildman–Crippen MR) is 75.7 cm³/mol. The highest BCUT2D eigenvalue weighted by molar-refractivity contribution is 4.57. The van der Waals surface area contributed by atoms with Crippen LogP contribution in [-0.2, 0) is 14.2 Å². The third-order valence-electron chi connectivity index (χ3n) is 2.57. The minimum absolute atomic E-state index is 0.00808. The SMILES string of the molecule is [CH2]C(C)OC(C)COC(C)COCCCCCC. The average molecular weight is 259 g/mol. The van der Waals surface area contributed by atoms with Crippen molar-refractivity contribution in [1.29, 1.82) is 0 Å². The van der Waals surface area contributed by atoms with Gasteiger partial charge in [0.15, 0.2) is 0 Å². The molecule has 109 valence electrons. The summed E-state index contributed by atoms with van der Waals surface area (Å²) in [7, 11) is 0. The van der Waals surface area contributed by atoms with Crippen LogP contribution in [0.15, 0.2) is 0 Å². The van der Waals surface area contributed by atoms with Gasteiger partial charge in [0.25, 0.3) is 0 Å². The largest absolute Gasteiger partial charge is 0.379 e. The Hall–Kier alpha value is -0.120. The minimum atomic E-state index is 0.00808. The summed E-state index contributed by atoms with van der Waals surface area (Å²) in [6, 6.07) is 0. The first-order valence-corrected chi connectivity index (χ1v) is 7.24. The molecule has 0 aliphatic heterocycles. The second kappa shape index (κ2) is 11.9. The van der Waals surface area contributed by atoms with Crippen LogP contribution in [0.2, 0.25) is 0 Å². The first-order chi connectivity index (χ1) is 8.56. The van der Waals surface area contributed by atoms with Crippen LogP contribution >= 0.6 is 0 Å². The lowest BCUT2D eigenvalue weighted by molar-refractivity contribution is -0.0670. The van der Waals surface area contributed by atoms with Crippen LogP contribution in [0.25, 0.3) is 0 Å². The number of ether oxygens (including phenoxy) is 3. The maximum Gasteiger partial charge on any atom is 0.0784 e. The van der Waals surface area contributed by atoms with Gasteiger partial charge in [0, 0.05) is 6.61 Å². The molecule has 0 bridgehead atoms. The van der Waals surface area contributed by atoms with E-state index in [4.69, 9.17) is 14.2 Å². The van der Waals surface area contributed by atoms with Crippen LogP contribution in [-0.4, -0.2) is 38.1 Å². The molecule has 0 spiro atoms. The van der Waals surface area contributed by atoms with E-state index < -0.39 is 0 Å². The van der Waals surface area contributed by atoms with Crippen LogP contribution in [0.5, 0.6) is 0 Å². The monoisotopic (exact) mass is 259 g/mol. The lowest BCUT2D eigenvalue weighted by atomic mass is 10.2. The fourth-order valence-electron chi connectivity index (χ4n) is 1.66. The van der Waals surface area contributed by atoms with E-state index in [9.17, 15) is 0 Å². The van der Waals surface area contributed by atoms with Crippen LogP contribution in [0.4, 0.5) is 0 Å². The normalized spacial score (nSPS) is 15.0.